The molecule has 0 radical (unpaired) electrons. The van der Waals surface area contributed by atoms with Crippen LogP contribution in [0.25, 0.3) is 0 Å². The molecule has 1 aromatic rings. The van der Waals surface area contributed by atoms with Crippen molar-refractivity contribution in [2.24, 2.45) is 5.92 Å². The maximum atomic E-state index is 12.8. The Hall–Kier alpha value is -2.08. The number of aliphatic hydroxyl groups is 1. The van der Waals surface area contributed by atoms with Gasteiger partial charge < -0.3 is 15.2 Å². The van der Waals surface area contributed by atoms with Gasteiger partial charge in [0.05, 0.1) is 6.54 Å². The van der Waals surface area contributed by atoms with Gasteiger partial charge in [-0.05, 0) is 30.9 Å². The Labute approximate surface area is 141 Å². The van der Waals surface area contributed by atoms with Crippen molar-refractivity contribution in [3.05, 3.63) is 30.3 Å². The molecule has 6 nitrogen and oxygen atoms in total. The molecular formula is C18H24N2O4. The second-order valence-corrected chi connectivity index (χ2v) is 6.74. The lowest BCUT2D eigenvalue weighted by Crippen LogP contribution is -2.54. The number of benzene rings is 1. The number of hydrogen-bond donors (Lipinski definition) is 2. The molecule has 6 heteroatoms. The molecule has 1 heterocycles. The van der Waals surface area contributed by atoms with Gasteiger partial charge in [-0.25, -0.2) is 4.79 Å². The first-order chi connectivity index (χ1) is 11.5. The van der Waals surface area contributed by atoms with Gasteiger partial charge in [0.15, 0.2) is 0 Å². The molecule has 1 aromatic carbocycles. The highest BCUT2D eigenvalue weighted by molar-refractivity contribution is 6.07. The van der Waals surface area contributed by atoms with Crippen LogP contribution in [0.15, 0.2) is 30.3 Å². The molecule has 1 spiro atoms. The van der Waals surface area contributed by atoms with E-state index in [1.54, 1.807) is 12.1 Å². The van der Waals surface area contributed by atoms with Crippen LogP contribution in [0.3, 0.4) is 0 Å². The van der Waals surface area contributed by atoms with Crippen molar-refractivity contribution in [1.82, 2.24) is 10.2 Å². The number of imide groups is 1. The molecule has 0 unspecified atom stereocenters. The van der Waals surface area contributed by atoms with Crippen molar-refractivity contribution in [1.29, 1.82) is 0 Å². The van der Waals surface area contributed by atoms with Crippen LogP contribution in [0.1, 0.15) is 32.6 Å². The third-order valence-corrected chi connectivity index (χ3v) is 5.08. The van der Waals surface area contributed by atoms with Gasteiger partial charge in [-0.15, -0.1) is 0 Å². The van der Waals surface area contributed by atoms with E-state index in [1.165, 1.54) is 0 Å². The quantitative estimate of drug-likeness (QED) is 0.808. The summed E-state index contributed by atoms with van der Waals surface area (Å²) in [6, 6.07) is 8.73. The second-order valence-electron chi connectivity index (χ2n) is 6.74. The van der Waals surface area contributed by atoms with Gasteiger partial charge in [0.1, 0.15) is 24.0 Å². The number of nitrogens with one attached hydrogen (secondary N) is 1. The summed E-state index contributed by atoms with van der Waals surface area (Å²) in [6.45, 7) is 1.99. The third kappa shape index (κ3) is 3.11. The predicted octanol–water partition coefficient (Wildman–Crippen LogP) is 1.93. The SMILES string of the molecule is C[C@@H]1CCCC[C@@]12NC(=O)N(C[C@H](O)COc1ccccc1)C2=O. The van der Waals surface area contributed by atoms with Crippen molar-refractivity contribution in [2.45, 2.75) is 44.2 Å². The molecule has 2 fully saturated rings. The smallest absolute Gasteiger partial charge is 0.325 e. The lowest BCUT2D eigenvalue weighted by Gasteiger charge is -2.36. The van der Waals surface area contributed by atoms with Gasteiger partial charge in [-0.1, -0.05) is 38.0 Å². The third-order valence-electron chi connectivity index (χ3n) is 5.08. The number of aliphatic hydroxyl groups excluding tert-OH is 1. The van der Waals surface area contributed by atoms with E-state index in [0.29, 0.717) is 12.2 Å². The fourth-order valence-corrected chi connectivity index (χ4v) is 3.63. The van der Waals surface area contributed by atoms with Crippen LogP contribution >= 0.6 is 0 Å². The number of carbonyl (C=O) groups is 2. The molecule has 0 aromatic heterocycles. The van der Waals surface area contributed by atoms with E-state index < -0.39 is 17.7 Å². The van der Waals surface area contributed by atoms with Crippen molar-refractivity contribution >= 4 is 11.9 Å². The first-order valence-corrected chi connectivity index (χ1v) is 8.53. The number of rotatable bonds is 5. The zero-order valence-corrected chi connectivity index (χ0v) is 13.9. The van der Waals surface area contributed by atoms with E-state index in [9.17, 15) is 14.7 Å². The van der Waals surface area contributed by atoms with Gasteiger partial charge in [-0.3, -0.25) is 9.69 Å². The maximum Gasteiger partial charge on any atom is 0.325 e. The molecule has 2 aliphatic rings. The number of carbonyl (C=O) groups excluding carboxylic acids is 2. The zero-order chi connectivity index (χ0) is 17.2. The minimum atomic E-state index is -0.922. The van der Waals surface area contributed by atoms with Crippen molar-refractivity contribution < 1.29 is 19.4 Å². The highest BCUT2D eigenvalue weighted by Crippen LogP contribution is 2.38. The van der Waals surface area contributed by atoms with Crippen LogP contribution < -0.4 is 10.1 Å². The van der Waals surface area contributed by atoms with Gasteiger partial charge in [-0.2, -0.15) is 0 Å². The monoisotopic (exact) mass is 332 g/mol. The van der Waals surface area contributed by atoms with E-state index >= 15 is 0 Å². The highest BCUT2D eigenvalue weighted by Gasteiger charge is 2.54. The summed E-state index contributed by atoms with van der Waals surface area (Å²) in [5.41, 5.74) is -0.782. The molecule has 1 saturated carbocycles. The Morgan fingerprint density at radius 3 is 2.79 bits per heavy atom. The van der Waals surface area contributed by atoms with Gasteiger partial charge in [0.25, 0.3) is 5.91 Å². The number of urea groups is 1. The molecule has 24 heavy (non-hydrogen) atoms. The van der Waals surface area contributed by atoms with Crippen LogP contribution in [0.4, 0.5) is 4.79 Å². The number of nitrogens with zero attached hydrogens (tertiary/aromatic N) is 1. The molecule has 1 aliphatic heterocycles. The predicted molar refractivity (Wildman–Crippen MR) is 88.6 cm³/mol. The maximum absolute atomic E-state index is 12.8. The Morgan fingerprint density at radius 2 is 2.08 bits per heavy atom. The van der Waals surface area contributed by atoms with Gasteiger partial charge in [0.2, 0.25) is 0 Å². The standard InChI is InChI=1S/C18H24N2O4/c1-13-7-5-6-10-18(13)16(22)20(17(23)19-18)11-14(21)12-24-15-8-3-2-4-9-15/h2-4,8-9,13-14,21H,5-7,10-12H2,1H3,(H,19,23)/t13-,14+,18-/m1/s1. The lowest BCUT2D eigenvalue weighted by atomic mass is 9.73. The average Bonchev–Trinajstić information content (AvgIpc) is 2.82. The van der Waals surface area contributed by atoms with Crippen LogP contribution in [0.5, 0.6) is 5.75 Å². The summed E-state index contributed by atoms with van der Waals surface area (Å²) in [7, 11) is 0. The molecule has 2 N–H and O–H groups in total. The largest absolute Gasteiger partial charge is 0.491 e. The van der Waals surface area contributed by atoms with E-state index in [0.717, 1.165) is 24.2 Å². The molecule has 0 bridgehead atoms. The molecule has 1 saturated heterocycles. The molecule has 3 amide bonds. The number of β-amino-alcohol motifs (C(OH)–C–C–N with tert-alkyl or cyclic N) is 1. The minimum absolute atomic E-state index is 0.0314. The van der Waals surface area contributed by atoms with E-state index in [2.05, 4.69) is 5.32 Å². The normalized spacial score (nSPS) is 28.1. The highest BCUT2D eigenvalue weighted by atomic mass is 16.5. The van der Waals surface area contributed by atoms with Crippen LogP contribution in [-0.2, 0) is 4.79 Å². The van der Waals surface area contributed by atoms with Gasteiger partial charge in [0, 0.05) is 0 Å². The summed E-state index contributed by atoms with van der Waals surface area (Å²) in [5, 5.41) is 13.0. The minimum Gasteiger partial charge on any atom is -0.491 e. The van der Waals surface area contributed by atoms with E-state index in [4.69, 9.17) is 4.74 Å². The summed E-state index contributed by atoms with van der Waals surface area (Å²) in [6.07, 6.45) is 2.70. The van der Waals surface area contributed by atoms with Crippen LogP contribution in [-0.4, -0.2) is 46.7 Å². The second kappa shape index (κ2) is 6.81. The molecule has 1 aliphatic carbocycles. The summed E-state index contributed by atoms with van der Waals surface area (Å²) < 4.78 is 5.49. The Morgan fingerprint density at radius 1 is 1.33 bits per heavy atom. The molecule has 3 rings (SSSR count). The van der Waals surface area contributed by atoms with Crippen molar-refractivity contribution in [2.75, 3.05) is 13.2 Å². The number of para-hydroxylation sites is 1. The van der Waals surface area contributed by atoms with Crippen LogP contribution in [0, 0.1) is 5.92 Å². The number of hydrogen-bond acceptors (Lipinski definition) is 4. The Balaban J connectivity index is 1.60. The summed E-state index contributed by atoms with van der Waals surface area (Å²) in [5.74, 6) is 0.551. The Kier molecular flexibility index (Phi) is 4.76. The number of ether oxygens (including phenoxy) is 1. The summed E-state index contributed by atoms with van der Waals surface area (Å²) in [4.78, 5) is 26.2. The first-order valence-electron chi connectivity index (χ1n) is 8.53. The van der Waals surface area contributed by atoms with Crippen LogP contribution in [0.2, 0.25) is 0 Å². The fourth-order valence-electron chi connectivity index (χ4n) is 3.63. The fraction of sp³-hybridized carbons (Fsp3) is 0.556. The Bertz CT molecular complexity index is 606. The topological polar surface area (TPSA) is 78.9 Å². The van der Waals surface area contributed by atoms with E-state index in [1.807, 2.05) is 25.1 Å². The lowest BCUT2D eigenvalue weighted by molar-refractivity contribution is -0.135. The van der Waals surface area contributed by atoms with E-state index in [-0.39, 0.29) is 25.0 Å². The van der Waals surface area contributed by atoms with Crippen molar-refractivity contribution in [3.63, 3.8) is 0 Å². The number of amides is 3. The molecule has 130 valence electrons. The van der Waals surface area contributed by atoms with Crippen molar-refractivity contribution in [3.8, 4) is 5.75 Å². The van der Waals surface area contributed by atoms with Gasteiger partial charge >= 0.3 is 6.03 Å². The molecule has 3 atom stereocenters. The zero-order valence-electron chi connectivity index (χ0n) is 13.9. The first kappa shape index (κ1) is 16.8. The molecular weight excluding hydrogens is 308 g/mol. The summed E-state index contributed by atoms with van der Waals surface area (Å²) >= 11 is 0. The average molecular weight is 332 g/mol.